The highest BCUT2D eigenvalue weighted by atomic mass is 16.4. The third-order valence-corrected chi connectivity index (χ3v) is 7.45. The van der Waals surface area contributed by atoms with Crippen LogP contribution in [-0.4, -0.2) is 22.8 Å². The second kappa shape index (κ2) is 5.36. The molecular formula is C19H30O3. The van der Waals surface area contributed by atoms with Crippen molar-refractivity contribution in [1.29, 1.82) is 0 Å². The zero-order valence-corrected chi connectivity index (χ0v) is 14.2. The summed E-state index contributed by atoms with van der Waals surface area (Å²) >= 11 is 0. The maximum atomic E-state index is 12.0. The standard InChI is InChI=1S/C19H30O3/c1-12-5-7-15-13(14(12)11-20)6-8-16-18(15,2)9-4-10-19(16,3)17(21)22/h12,15-16,20H,4-11H2,1-3H3,(H,21,22)/t12?,15-,16?,18+,19-/m0/s1. The lowest BCUT2D eigenvalue weighted by atomic mass is 9.45. The number of allylic oxidation sites excluding steroid dienone is 1. The minimum atomic E-state index is -0.609. The highest BCUT2D eigenvalue weighted by Crippen LogP contribution is 2.63. The first-order valence-electron chi connectivity index (χ1n) is 8.90. The van der Waals surface area contributed by atoms with Crippen LogP contribution in [0.4, 0.5) is 0 Å². The van der Waals surface area contributed by atoms with Crippen molar-refractivity contribution in [2.24, 2.45) is 28.6 Å². The fourth-order valence-corrected chi connectivity index (χ4v) is 6.16. The zero-order chi connectivity index (χ0) is 16.1. The summed E-state index contributed by atoms with van der Waals surface area (Å²) in [5.74, 6) is 0.644. The molecule has 3 aliphatic carbocycles. The number of aliphatic hydroxyl groups is 1. The SMILES string of the molecule is CC1CC[C@H]2C(=C1CO)CCC1[C@]2(C)CCC[C@]1(C)C(=O)O. The van der Waals surface area contributed by atoms with E-state index in [2.05, 4.69) is 13.8 Å². The topological polar surface area (TPSA) is 57.5 Å². The Kier molecular flexibility index (Phi) is 3.91. The van der Waals surface area contributed by atoms with Crippen molar-refractivity contribution in [1.82, 2.24) is 0 Å². The number of carboxylic acids is 1. The molecule has 0 aromatic heterocycles. The molecule has 0 saturated heterocycles. The van der Waals surface area contributed by atoms with E-state index in [1.165, 1.54) is 17.6 Å². The molecule has 0 radical (unpaired) electrons. The first-order valence-corrected chi connectivity index (χ1v) is 8.90. The van der Waals surface area contributed by atoms with Crippen molar-refractivity contribution in [2.75, 3.05) is 6.61 Å². The predicted molar refractivity (Wildman–Crippen MR) is 86.4 cm³/mol. The summed E-state index contributed by atoms with van der Waals surface area (Å²) in [5.41, 5.74) is 2.27. The predicted octanol–water partition coefficient (Wildman–Crippen LogP) is 4.01. The molecule has 0 bridgehead atoms. The largest absolute Gasteiger partial charge is 0.481 e. The summed E-state index contributed by atoms with van der Waals surface area (Å²) in [6, 6.07) is 0. The number of hydrogen-bond donors (Lipinski definition) is 2. The number of aliphatic hydroxyl groups excluding tert-OH is 1. The lowest BCUT2D eigenvalue weighted by molar-refractivity contribution is -0.164. The summed E-state index contributed by atoms with van der Waals surface area (Å²) in [7, 11) is 0. The number of aliphatic carboxylic acids is 1. The van der Waals surface area contributed by atoms with Gasteiger partial charge in [0.15, 0.2) is 0 Å². The minimum Gasteiger partial charge on any atom is -0.481 e. The van der Waals surface area contributed by atoms with Crippen molar-refractivity contribution in [3.8, 4) is 0 Å². The van der Waals surface area contributed by atoms with Crippen molar-refractivity contribution in [2.45, 2.75) is 65.7 Å². The van der Waals surface area contributed by atoms with Crippen molar-refractivity contribution < 1.29 is 15.0 Å². The Morgan fingerprint density at radius 1 is 1.23 bits per heavy atom. The molecule has 2 N–H and O–H groups in total. The first-order chi connectivity index (χ1) is 10.3. The molecule has 124 valence electrons. The van der Waals surface area contributed by atoms with Crippen LogP contribution in [0.25, 0.3) is 0 Å². The van der Waals surface area contributed by atoms with E-state index < -0.39 is 11.4 Å². The molecule has 0 heterocycles. The maximum absolute atomic E-state index is 12.0. The van der Waals surface area contributed by atoms with E-state index >= 15 is 0 Å². The maximum Gasteiger partial charge on any atom is 0.309 e. The van der Waals surface area contributed by atoms with Crippen LogP contribution < -0.4 is 0 Å². The summed E-state index contributed by atoms with van der Waals surface area (Å²) in [6.45, 7) is 6.73. The second-order valence-electron chi connectivity index (χ2n) is 8.41. The van der Waals surface area contributed by atoms with Crippen LogP contribution in [-0.2, 0) is 4.79 Å². The first kappa shape index (κ1) is 16.0. The molecule has 3 aliphatic rings. The summed E-state index contributed by atoms with van der Waals surface area (Å²) in [6.07, 6.45) is 7.25. The van der Waals surface area contributed by atoms with Gasteiger partial charge in [-0.2, -0.15) is 0 Å². The number of carbonyl (C=O) groups is 1. The van der Waals surface area contributed by atoms with Gasteiger partial charge >= 0.3 is 5.97 Å². The van der Waals surface area contributed by atoms with Gasteiger partial charge in [0, 0.05) is 0 Å². The number of fused-ring (bicyclic) bond motifs is 3. The lowest BCUT2D eigenvalue weighted by Gasteiger charge is -2.59. The minimum absolute atomic E-state index is 0.0968. The van der Waals surface area contributed by atoms with Crippen LogP contribution in [0.3, 0.4) is 0 Å². The van der Waals surface area contributed by atoms with Gasteiger partial charge in [0.05, 0.1) is 12.0 Å². The molecular weight excluding hydrogens is 276 g/mol. The molecule has 2 saturated carbocycles. The van der Waals surface area contributed by atoms with Crippen LogP contribution in [0.2, 0.25) is 0 Å². The van der Waals surface area contributed by atoms with Gasteiger partial charge in [-0.1, -0.05) is 25.8 Å². The lowest BCUT2D eigenvalue weighted by Crippen LogP contribution is -2.54. The Labute approximate surface area is 133 Å². The van der Waals surface area contributed by atoms with E-state index in [0.717, 1.165) is 38.5 Å². The van der Waals surface area contributed by atoms with Crippen molar-refractivity contribution in [3.05, 3.63) is 11.1 Å². The Bertz CT molecular complexity index is 509. The van der Waals surface area contributed by atoms with Crippen molar-refractivity contribution in [3.63, 3.8) is 0 Å². The number of hydrogen-bond acceptors (Lipinski definition) is 2. The van der Waals surface area contributed by atoms with Gasteiger partial charge in [0.2, 0.25) is 0 Å². The van der Waals surface area contributed by atoms with Crippen molar-refractivity contribution >= 4 is 5.97 Å². The van der Waals surface area contributed by atoms with Gasteiger partial charge < -0.3 is 10.2 Å². The Hall–Kier alpha value is -0.830. The average molecular weight is 306 g/mol. The van der Waals surface area contributed by atoms with Crippen LogP contribution in [0.1, 0.15) is 65.7 Å². The average Bonchev–Trinajstić information content (AvgIpc) is 2.46. The molecule has 0 amide bonds. The van der Waals surface area contributed by atoms with Gasteiger partial charge in [0.1, 0.15) is 0 Å². The molecule has 2 unspecified atom stereocenters. The molecule has 3 heteroatoms. The summed E-state index contributed by atoms with van der Waals surface area (Å²) in [4.78, 5) is 12.0. The van der Waals surface area contributed by atoms with Gasteiger partial charge in [-0.25, -0.2) is 0 Å². The normalized spacial score (nSPS) is 45.2. The monoisotopic (exact) mass is 306 g/mol. The van der Waals surface area contributed by atoms with Gasteiger partial charge in [-0.15, -0.1) is 0 Å². The molecule has 0 aromatic carbocycles. The van der Waals surface area contributed by atoms with E-state index in [4.69, 9.17) is 0 Å². The zero-order valence-electron chi connectivity index (χ0n) is 14.2. The van der Waals surface area contributed by atoms with E-state index in [-0.39, 0.29) is 17.9 Å². The molecule has 0 aromatic rings. The molecule has 0 spiro atoms. The Morgan fingerprint density at radius 2 is 1.95 bits per heavy atom. The molecule has 5 atom stereocenters. The Morgan fingerprint density at radius 3 is 2.59 bits per heavy atom. The van der Waals surface area contributed by atoms with E-state index in [1.807, 2.05) is 6.92 Å². The smallest absolute Gasteiger partial charge is 0.309 e. The number of carboxylic acid groups (broad SMARTS) is 1. The summed E-state index contributed by atoms with van der Waals surface area (Å²) in [5, 5.41) is 19.7. The number of rotatable bonds is 2. The molecule has 3 nitrogen and oxygen atoms in total. The molecule has 3 rings (SSSR count). The summed E-state index contributed by atoms with van der Waals surface area (Å²) < 4.78 is 0. The van der Waals surface area contributed by atoms with E-state index in [9.17, 15) is 15.0 Å². The third kappa shape index (κ3) is 2.08. The third-order valence-electron chi connectivity index (χ3n) is 7.45. The van der Waals surface area contributed by atoms with Crippen LogP contribution in [0.15, 0.2) is 11.1 Å². The van der Waals surface area contributed by atoms with E-state index in [1.54, 1.807) is 0 Å². The molecule has 2 fully saturated rings. The second-order valence-corrected chi connectivity index (χ2v) is 8.41. The Balaban J connectivity index is 2.03. The highest BCUT2D eigenvalue weighted by Gasteiger charge is 2.58. The van der Waals surface area contributed by atoms with Gasteiger partial charge in [-0.3, -0.25) is 4.79 Å². The van der Waals surface area contributed by atoms with Crippen LogP contribution in [0, 0.1) is 28.6 Å². The fraction of sp³-hybridized carbons (Fsp3) is 0.842. The quantitative estimate of drug-likeness (QED) is 0.758. The van der Waals surface area contributed by atoms with Gasteiger partial charge in [-0.05, 0) is 74.2 Å². The van der Waals surface area contributed by atoms with Crippen LogP contribution in [0.5, 0.6) is 0 Å². The molecule has 0 aliphatic heterocycles. The highest BCUT2D eigenvalue weighted by molar-refractivity contribution is 5.75. The molecule has 22 heavy (non-hydrogen) atoms. The van der Waals surface area contributed by atoms with Gasteiger partial charge in [0.25, 0.3) is 0 Å². The van der Waals surface area contributed by atoms with Crippen LogP contribution >= 0.6 is 0 Å². The van der Waals surface area contributed by atoms with E-state index in [0.29, 0.717) is 11.8 Å². The fourth-order valence-electron chi connectivity index (χ4n) is 6.16.